The van der Waals surface area contributed by atoms with Crippen LogP contribution in [0.4, 0.5) is 0 Å². The molecule has 0 radical (unpaired) electrons. The van der Waals surface area contributed by atoms with Crippen LogP contribution in [0, 0.1) is 0 Å². The summed E-state index contributed by atoms with van der Waals surface area (Å²) in [5.41, 5.74) is 2.71. The molecule has 8 heteroatoms. The maximum atomic E-state index is 12.0. The highest BCUT2D eigenvalue weighted by atomic mass is 35.5. The summed E-state index contributed by atoms with van der Waals surface area (Å²) in [7, 11) is -3.51. The second-order valence-electron chi connectivity index (χ2n) is 4.01. The van der Waals surface area contributed by atoms with Crippen molar-refractivity contribution < 1.29 is 8.42 Å². The first-order valence-corrected chi connectivity index (χ1v) is 8.71. The number of nitrogens with zero attached hydrogens (tertiary/aromatic N) is 1. The monoisotopic (exact) mass is 331 g/mol. The summed E-state index contributed by atoms with van der Waals surface area (Å²) in [6.45, 7) is 1.46. The van der Waals surface area contributed by atoms with Gasteiger partial charge in [0.15, 0.2) is 0 Å². The van der Waals surface area contributed by atoms with E-state index < -0.39 is 10.0 Å². The third-order valence-electron chi connectivity index (χ3n) is 2.49. The molecular formula is C12H14ClN3O2S2. The first-order valence-electron chi connectivity index (χ1n) is 5.91. The number of sulfonamides is 1. The molecule has 20 heavy (non-hydrogen) atoms. The number of nitrogens with one attached hydrogen (secondary N) is 2. The molecule has 0 unspecified atom stereocenters. The number of aromatic nitrogens is 1. The van der Waals surface area contributed by atoms with E-state index in [0.29, 0.717) is 24.7 Å². The maximum Gasteiger partial charge on any atom is 0.240 e. The minimum Gasteiger partial charge on any atom is -0.310 e. The quantitative estimate of drug-likeness (QED) is 0.760. The van der Waals surface area contributed by atoms with Gasteiger partial charge in [-0.05, 0) is 18.2 Å². The highest BCUT2D eigenvalue weighted by Crippen LogP contribution is 2.14. The normalized spacial score (nSPS) is 11.7. The molecule has 0 aliphatic heterocycles. The maximum absolute atomic E-state index is 12.0. The summed E-state index contributed by atoms with van der Waals surface area (Å²) in [5.74, 6) is 0. The molecule has 108 valence electrons. The highest BCUT2D eigenvalue weighted by molar-refractivity contribution is 7.89. The average molecular weight is 332 g/mol. The van der Waals surface area contributed by atoms with Gasteiger partial charge in [-0.25, -0.2) is 18.1 Å². The molecule has 5 nitrogen and oxygen atoms in total. The molecule has 1 heterocycles. The zero-order valence-corrected chi connectivity index (χ0v) is 12.9. The number of thiazole rings is 1. The van der Waals surface area contributed by atoms with Gasteiger partial charge in [-0.3, -0.25) is 0 Å². The van der Waals surface area contributed by atoms with Crippen molar-refractivity contribution >= 4 is 33.0 Å². The zero-order chi connectivity index (χ0) is 14.4. The summed E-state index contributed by atoms with van der Waals surface area (Å²) in [4.78, 5) is 4.29. The van der Waals surface area contributed by atoms with E-state index >= 15 is 0 Å². The molecule has 0 saturated carbocycles. The predicted molar refractivity (Wildman–Crippen MR) is 80.5 cm³/mol. The summed E-state index contributed by atoms with van der Waals surface area (Å²) in [6, 6.07) is 6.18. The molecule has 2 rings (SSSR count). The molecule has 0 atom stereocenters. The van der Waals surface area contributed by atoms with Crippen LogP contribution in [0.25, 0.3) is 0 Å². The van der Waals surface area contributed by atoms with E-state index in [0.717, 1.165) is 5.69 Å². The Balaban J connectivity index is 1.78. The van der Waals surface area contributed by atoms with E-state index in [2.05, 4.69) is 15.0 Å². The van der Waals surface area contributed by atoms with Crippen molar-refractivity contribution in [1.29, 1.82) is 0 Å². The topological polar surface area (TPSA) is 71.1 Å². The number of rotatable bonds is 7. The second-order valence-corrected chi connectivity index (χ2v) is 6.93. The Morgan fingerprint density at radius 1 is 1.30 bits per heavy atom. The fourth-order valence-corrected chi connectivity index (χ4v) is 3.42. The van der Waals surface area contributed by atoms with Crippen LogP contribution in [0.3, 0.4) is 0 Å². The largest absolute Gasteiger partial charge is 0.310 e. The van der Waals surface area contributed by atoms with Crippen LogP contribution >= 0.6 is 22.9 Å². The fraction of sp³-hybridized carbons (Fsp3) is 0.250. The summed E-state index contributed by atoms with van der Waals surface area (Å²) in [5, 5.41) is 5.46. The lowest BCUT2D eigenvalue weighted by molar-refractivity contribution is 0.575. The van der Waals surface area contributed by atoms with Gasteiger partial charge in [-0.15, -0.1) is 11.3 Å². The van der Waals surface area contributed by atoms with Gasteiger partial charge in [0.1, 0.15) is 0 Å². The third-order valence-corrected chi connectivity index (χ3v) is 4.82. The van der Waals surface area contributed by atoms with Gasteiger partial charge < -0.3 is 5.32 Å². The van der Waals surface area contributed by atoms with E-state index in [1.54, 1.807) is 17.6 Å². The molecule has 0 bridgehead atoms. The summed E-state index contributed by atoms with van der Waals surface area (Å²) < 4.78 is 26.5. The Bertz CT molecular complexity index is 644. The minimum absolute atomic E-state index is 0.171. The van der Waals surface area contributed by atoms with E-state index in [1.807, 2.05) is 5.38 Å². The minimum atomic E-state index is -3.51. The van der Waals surface area contributed by atoms with Crippen molar-refractivity contribution in [1.82, 2.24) is 15.0 Å². The van der Waals surface area contributed by atoms with Gasteiger partial charge in [-0.1, -0.05) is 17.7 Å². The van der Waals surface area contributed by atoms with Gasteiger partial charge in [0, 0.05) is 30.0 Å². The Morgan fingerprint density at radius 2 is 2.15 bits per heavy atom. The van der Waals surface area contributed by atoms with Gasteiger partial charge in [-0.2, -0.15) is 0 Å². The molecule has 2 aromatic rings. The molecule has 0 spiro atoms. The average Bonchev–Trinajstić information content (AvgIpc) is 2.91. The number of halogens is 1. The molecule has 1 aromatic heterocycles. The molecule has 0 aliphatic carbocycles. The van der Waals surface area contributed by atoms with E-state index in [4.69, 9.17) is 11.6 Å². The van der Waals surface area contributed by atoms with Crippen LogP contribution in [-0.2, 0) is 16.6 Å². The molecule has 0 amide bonds. The summed E-state index contributed by atoms with van der Waals surface area (Å²) >= 11 is 7.31. The van der Waals surface area contributed by atoms with Crippen molar-refractivity contribution in [2.45, 2.75) is 11.4 Å². The Labute approximate surface area is 127 Å². The van der Waals surface area contributed by atoms with Crippen LogP contribution < -0.4 is 10.0 Å². The van der Waals surface area contributed by atoms with Gasteiger partial charge in [0.25, 0.3) is 0 Å². The second kappa shape index (κ2) is 7.14. The summed E-state index contributed by atoms with van der Waals surface area (Å²) in [6.07, 6.45) is 0. The van der Waals surface area contributed by atoms with E-state index in [9.17, 15) is 8.42 Å². The molecule has 1 aromatic carbocycles. The van der Waals surface area contributed by atoms with E-state index in [1.165, 1.54) is 23.5 Å². The van der Waals surface area contributed by atoms with Crippen molar-refractivity contribution in [3.63, 3.8) is 0 Å². The van der Waals surface area contributed by atoms with Crippen molar-refractivity contribution in [3.8, 4) is 0 Å². The van der Waals surface area contributed by atoms with Crippen molar-refractivity contribution in [2.24, 2.45) is 0 Å². The van der Waals surface area contributed by atoms with Crippen LogP contribution in [0.1, 0.15) is 5.69 Å². The number of hydrogen-bond acceptors (Lipinski definition) is 5. The zero-order valence-electron chi connectivity index (χ0n) is 10.5. The van der Waals surface area contributed by atoms with Crippen molar-refractivity contribution in [3.05, 3.63) is 45.9 Å². The van der Waals surface area contributed by atoms with Crippen LogP contribution in [-0.4, -0.2) is 26.5 Å². The van der Waals surface area contributed by atoms with Crippen molar-refractivity contribution in [2.75, 3.05) is 13.1 Å². The molecule has 0 fully saturated rings. The van der Waals surface area contributed by atoms with Crippen LogP contribution in [0.5, 0.6) is 0 Å². The highest BCUT2D eigenvalue weighted by Gasteiger charge is 2.13. The van der Waals surface area contributed by atoms with Crippen LogP contribution in [0.15, 0.2) is 40.1 Å². The van der Waals surface area contributed by atoms with E-state index in [-0.39, 0.29) is 4.90 Å². The number of benzene rings is 1. The van der Waals surface area contributed by atoms with Crippen LogP contribution in [0.2, 0.25) is 5.02 Å². The lowest BCUT2D eigenvalue weighted by atomic mass is 10.4. The molecule has 0 saturated heterocycles. The molecule has 0 aliphatic rings. The van der Waals surface area contributed by atoms with Gasteiger partial charge >= 0.3 is 0 Å². The Hall–Kier alpha value is -0.990. The first-order chi connectivity index (χ1) is 9.58. The Morgan fingerprint density at radius 3 is 2.85 bits per heavy atom. The standard InChI is InChI=1S/C12H14ClN3O2S2/c13-10-2-1-3-12(6-10)20(17,18)16-5-4-14-7-11-8-19-9-15-11/h1-3,6,8-9,14,16H,4-5,7H2. The Kier molecular flexibility index (Phi) is 5.50. The number of hydrogen-bond donors (Lipinski definition) is 2. The molecule has 2 N–H and O–H groups in total. The fourth-order valence-electron chi connectivity index (χ4n) is 1.53. The lowest BCUT2D eigenvalue weighted by Gasteiger charge is -2.07. The SMILES string of the molecule is O=S(=O)(NCCNCc1cscn1)c1cccc(Cl)c1. The lowest BCUT2D eigenvalue weighted by Crippen LogP contribution is -2.31. The smallest absolute Gasteiger partial charge is 0.240 e. The predicted octanol–water partition coefficient (Wildman–Crippen LogP) is 1.86. The van der Waals surface area contributed by atoms with Gasteiger partial charge in [0.05, 0.1) is 16.1 Å². The third kappa shape index (κ3) is 4.53. The van der Waals surface area contributed by atoms with Gasteiger partial charge in [0.2, 0.25) is 10.0 Å². The molecular weight excluding hydrogens is 318 g/mol. The first kappa shape index (κ1) is 15.4.